The molecule has 88 valence electrons. The molecule has 1 N–H and O–H groups in total. The molecular weight excluding hydrogens is 204 g/mol. The minimum absolute atomic E-state index is 0.211. The zero-order valence-corrected chi connectivity index (χ0v) is 9.56. The second-order valence-corrected chi connectivity index (χ2v) is 5.62. The number of allylic oxidation sites excluding steroid dienone is 2. The number of ether oxygens (including phenoxy) is 1. The van der Waals surface area contributed by atoms with E-state index in [1.165, 1.54) is 0 Å². The van der Waals surface area contributed by atoms with E-state index in [1.54, 1.807) is 0 Å². The fourth-order valence-electron chi connectivity index (χ4n) is 3.74. The fraction of sp³-hybridized carbons (Fsp3) is 0.769. The van der Waals surface area contributed by atoms with Gasteiger partial charge < -0.3 is 9.84 Å². The van der Waals surface area contributed by atoms with Crippen molar-refractivity contribution in [3.63, 3.8) is 0 Å². The van der Waals surface area contributed by atoms with Crippen LogP contribution in [-0.2, 0) is 9.53 Å². The van der Waals surface area contributed by atoms with Crippen LogP contribution in [-0.4, -0.2) is 23.3 Å². The van der Waals surface area contributed by atoms with Crippen molar-refractivity contribution < 1.29 is 14.6 Å². The normalized spacial score (nSPS) is 44.8. The summed E-state index contributed by atoms with van der Waals surface area (Å²) < 4.78 is 4.97. The molecule has 2 aliphatic carbocycles. The van der Waals surface area contributed by atoms with Gasteiger partial charge in [-0.1, -0.05) is 12.2 Å². The molecule has 0 radical (unpaired) electrons. The molecule has 0 aromatic rings. The van der Waals surface area contributed by atoms with E-state index in [0.29, 0.717) is 24.9 Å². The molecule has 5 unspecified atom stereocenters. The van der Waals surface area contributed by atoms with Gasteiger partial charge >= 0.3 is 5.97 Å². The second-order valence-electron chi connectivity index (χ2n) is 5.62. The maximum Gasteiger partial charge on any atom is 0.311 e. The van der Waals surface area contributed by atoms with Crippen LogP contribution < -0.4 is 0 Å². The van der Waals surface area contributed by atoms with Crippen molar-refractivity contribution in [1.29, 1.82) is 0 Å². The zero-order valence-electron chi connectivity index (χ0n) is 9.56. The maximum atomic E-state index is 11.6. The molecule has 5 atom stereocenters. The molecule has 16 heavy (non-hydrogen) atoms. The SMILES string of the molecule is CC(O)(C1CCOC1=O)C1CC2C=CC1C2. The van der Waals surface area contributed by atoms with Crippen LogP contribution >= 0.6 is 0 Å². The van der Waals surface area contributed by atoms with Gasteiger partial charge in [-0.2, -0.15) is 0 Å². The number of cyclic esters (lactones) is 1. The summed E-state index contributed by atoms with van der Waals surface area (Å²) in [6, 6.07) is 0. The number of fused-ring (bicyclic) bond motifs is 2. The van der Waals surface area contributed by atoms with E-state index < -0.39 is 5.60 Å². The van der Waals surface area contributed by atoms with Crippen LogP contribution in [0, 0.1) is 23.7 Å². The summed E-state index contributed by atoms with van der Waals surface area (Å²) in [7, 11) is 0. The first-order valence-corrected chi connectivity index (χ1v) is 6.16. The average molecular weight is 222 g/mol. The quantitative estimate of drug-likeness (QED) is 0.569. The third kappa shape index (κ3) is 1.34. The van der Waals surface area contributed by atoms with Crippen LogP contribution in [0.15, 0.2) is 12.2 Å². The number of rotatable bonds is 2. The van der Waals surface area contributed by atoms with Gasteiger partial charge in [0.05, 0.1) is 18.1 Å². The zero-order chi connectivity index (χ0) is 11.3. The first kappa shape index (κ1) is 10.3. The first-order valence-electron chi connectivity index (χ1n) is 6.16. The molecule has 3 nitrogen and oxygen atoms in total. The van der Waals surface area contributed by atoms with Gasteiger partial charge in [-0.15, -0.1) is 0 Å². The summed E-state index contributed by atoms with van der Waals surface area (Å²) >= 11 is 0. The molecule has 0 aromatic heterocycles. The Morgan fingerprint density at radius 1 is 1.44 bits per heavy atom. The van der Waals surface area contributed by atoms with E-state index in [0.717, 1.165) is 12.8 Å². The van der Waals surface area contributed by atoms with Gasteiger partial charge in [0.1, 0.15) is 0 Å². The maximum absolute atomic E-state index is 11.6. The number of esters is 1. The van der Waals surface area contributed by atoms with Crippen LogP contribution in [0.2, 0.25) is 0 Å². The molecule has 1 saturated carbocycles. The Kier molecular flexibility index (Phi) is 2.15. The molecular formula is C13H18O3. The van der Waals surface area contributed by atoms with Gasteiger partial charge in [-0.05, 0) is 43.9 Å². The van der Waals surface area contributed by atoms with E-state index in [-0.39, 0.29) is 17.8 Å². The van der Waals surface area contributed by atoms with Gasteiger partial charge in [-0.25, -0.2) is 0 Å². The molecule has 0 spiro atoms. The molecule has 3 rings (SSSR count). The third-order valence-corrected chi connectivity index (χ3v) is 4.67. The minimum atomic E-state index is -0.891. The van der Waals surface area contributed by atoms with Crippen LogP contribution in [0.3, 0.4) is 0 Å². The largest absolute Gasteiger partial charge is 0.465 e. The highest BCUT2D eigenvalue weighted by Gasteiger charge is 2.52. The van der Waals surface area contributed by atoms with Crippen molar-refractivity contribution in [3.05, 3.63) is 12.2 Å². The Labute approximate surface area is 95.5 Å². The summed E-state index contributed by atoms with van der Waals surface area (Å²) in [6.45, 7) is 2.29. The molecule has 1 aliphatic heterocycles. The molecule has 1 saturated heterocycles. The summed E-state index contributed by atoms with van der Waals surface area (Å²) in [4.78, 5) is 11.6. The fourth-order valence-corrected chi connectivity index (χ4v) is 3.74. The van der Waals surface area contributed by atoms with Gasteiger partial charge in [0.25, 0.3) is 0 Å². The predicted molar refractivity (Wildman–Crippen MR) is 58.5 cm³/mol. The van der Waals surface area contributed by atoms with Crippen molar-refractivity contribution >= 4 is 5.97 Å². The predicted octanol–water partition coefficient (Wildman–Crippen LogP) is 1.51. The highest BCUT2D eigenvalue weighted by atomic mass is 16.5. The Morgan fingerprint density at radius 2 is 2.25 bits per heavy atom. The Balaban J connectivity index is 1.82. The van der Waals surface area contributed by atoms with Crippen LogP contribution in [0.25, 0.3) is 0 Å². The molecule has 1 heterocycles. The number of carbonyl (C=O) groups is 1. The number of hydrogen-bond donors (Lipinski definition) is 1. The average Bonchev–Trinajstić information content (AvgIpc) is 2.91. The van der Waals surface area contributed by atoms with Crippen molar-refractivity contribution in [2.45, 2.75) is 31.8 Å². The lowest BCUT2D eigenvalue weighted by Crippen LogP contribution is -2.46. The highest BCUT2D eigenvalue weighted by Crippen LogP contribution is 2.51. The van der Waals surface area contributed by atoms with E-state index in [9.17, 15) is 9.90 Å². The van der Waals surface area contributed by atoms with Gasteiger partial charge in [0.15, 0.2) is 0 Å². The lowest BCUT2D eigenvalue weighted by molar-refractivity contribution is -0.151. The highest BCUT2D eigenvalue weighted by molar-refractivity contribution is 5.75. The Hall–Kier alpha value is -0.830. The molecule has 3 heteroatoms. The topological polar surface area (TPSA) is 46.5 Å². The summed E-state index contributed by atoms with van der Waals surface area (Å²) in [5.74, 6) is 0.799. The number of aliphatic hydroxyl groups is 1. The van der Waals surface area contributed by atoms with Gasteiger partial charge in [-0.3, -0.25) is 4.79 Å². The van der Waals surface area contributed by atoms with Crippen molar-refractivity contribution in [2.75, 3.05) is 6.61 Å². The molecule has 0 amide bonds. The van der Waals surface area contributed by atoms with E-state index in [4.69, 9.17) is 4.74 Å². The van der Waals surface area contributed by atoms with E-state index >= 15 is 0 Å². The second kappa shape index (κ2) is 3.33. The Morgan fingerprint density at radius 3 is 2.75 bits per heavy atom. The smallest absolute Gasteiger partial charge is 0.311 e. The molecule has 2 fully saturated rings. The molecule has 2 bridgehead atoms. The van der Waals surface area contributed by atoms with Gasteiger partial charge in [0.2, 0.25) is 0 Å². The minimum Gasteiger partial charge on any atom is -0.465 e. The van der Waals surface area contributed by atoms with E-state index in [2.05, 4.69) is 12.2 Å². The van der Waals surface area contributed by atoms with Crippen molar-refractivity contribution in [3.8, 4) is 0 Å². The van der Waals surface area contributed by atoms with Gasteiger partial charge in [0, 0.05) is 0 Å². The molecule has 0 aromatic carbocycles. The number of carbonyl (C=O) groups excluding carboxylic acids is 1. The van der Waals surface area contributed by atoms with Crippen molar-refractivity contribution in [2.24, 2.45) is 23.7 Å². The lowest BCUT2D eigenvalue weighted by atomic mass is 9.72. The number of hydrogen-bond acceptors (Lipinski definition) is 3. The van der Waals surface area contributed by atoms with Crippen LogP contribution in [0.4, 0.5) is 0 Å². The summed E-state index contributed by atoms with van der Waals surface area (Å²) in [6.07, 6.45) is 7.32. The third-order valence-electron chi connectivity index (χ3n) is 4.67. The first-order chi connectivity index (χ1) is 7.59. The summed E-state index contributed by atoms with van der Waals surface area (Å²) in [5.41, 5.74) is -0.891. The Bertz CT molecular complexity index is 345. The standard InChI is InChI=1S/C13H18O3/c1-13(15,10-4-5-16-12(10)14)11-7-8-2-3-9(11)6-8/h2-3,8-11,15H,4-7H2,1H3. The van der Waals surface area contributed by atoms with Crippen molar-refractivity contribution in [1.82, 2.24) is 0 Å². The van der Waals surface area contributed by atoms with E-state index in [1.807, 2.05) is 6.92 Å². The lowest BCUT2D eigenvalue weighted by Gasteiger charge is -2.37. The summed E-state index contributed by atoms with van der Waals surface area (Å²) in [5, 5.41) is 10.7. The monoisotopic (exact) mass is 222 g/mol. The molecule has 3 aliphatic rings. The van der Waals surface area contributed by atoms with Crippen LogP contribution in [0.1, 0.15) is 26.2 Å². The van der Waals surface area contributed by atoms with Crippen LogP contribution in [0.5, 0.6) is 0 Å².